The first-order valence-electron chi connectivity index (χ1n) is 5.70. The van der Waals surface area contributed by atoms with E-state index in [0.717, 1.165) is 0 Å². The van der Waals surface area contributed by atoms with Crippen molar-refractivity contribution in [1.82, 2.24) is 5.32 Å². The topological polar surface area (TPSA) is 41.5 Å². The fourth-order valence-corrected chi connectivity index (χ4v) is 1.99. The van der Waals surface area contributed by atoms with Gasteiger partial charge in [-0.05, 0) is 31.2 Å². The highest BCUT2D eigenvalue weighted by atomic mass is 19.1. The van der Waals surface area contributed by atoms with Gasteiger partial charge in [0.1, 0.15) is 11.6 Å². The van der Waals surface area contributed by atoms with Gasteiger partial charge in [0, 0.05) is 11.6 Å². The third-order valence-electron chi connectivity index (χ3n) is 2.90. The highest BCUT2D eigenvalue weighted by molar-refractivity contribution is 5.36. The number of ether oxygens (including phenoxy) is 1. The number of likely N-dealkylation sites (N-methyl/N-ethyl adjacent to an activating group) is 1. The van der Waals surface area contributed by atoms with E-state index < -0.39 is 6.10 Å². The molecule has 1 aromatic rings. The highest BCUT2D eigenvalue weighted by Crippen LogP contribution is 2.30. The van der Waals surface area contributed by atoms with Crippen LogP contribution in [0.2, 0.25) is 0 Å². The minimum absolute atomic E-state index is 0.148. The predicted octanol–water partition coefficient (Wildman–Crippen LogP) is 2.11. The summed E-state index contributed by atoms with van der Waals surface area (Å²) in [5.74, 6) is 0.348. The molecule has 0 aliphatic carbocycles. The zero-order valence-electron chi connectivity index (χ0n) is 10.7. The van der Waals surface area contributed by atoms with Crippen LogP contribution in [0.4, 0.5) is 4.39 Å². The third kappa shape index (κ3) is 3.17. The van der Waals surface area contributed by atoms with Gasteiger partial charge in [0.15, 0.2) is 0 Å². The van der Waals surface area contributed by atoms with Gasteiger partial charge in [0.25, 0.3) is 0 Å². The van der Waals surface area contributed by atoms with Crippen LogP contribution in [-0.4, -0.2) is 25.3 Å². The van der Waals surface area contributed by atoms with Crippen LogP contribution < -0.4 is 10.1 Å². The fourth-order valence-electron chi connectivity index (χ4n) is 1.99. The molecule has 0 spiro atoms. The third-order valence-corrected chi connectivity index (χ3v) is 2.90. The largest absolute Gasteiger partial charge is 0.496 e. The first-order chi connectivity index (χ1) is 8.01. The van der Waals surface area contributed by atoms with Crippen LogP contribution >= 0.6 is 0 Å². The number of halogens is 1. The Morgan fingerprint density at radius 1 is 1.35 bits per heavy atom. The van der Waals surface area contributed by atoms with Crippen molar-refractivity contribution >= 4 is 0 Å². The number of aliphatic hydroxyl groups is 1. The standard InChI is InChI=1S/C13H20FNO2/c1-8(2)12(15-3)13(16)10-7-9(14)5-6-11(10)17-4/h5-8,12-13,15-16H,1-4H3. The second-order valence-corrected chi connectivity index (χ2v) is 4.39. The van der Waals surface area contributed by atoms with Crippen molar-refractivity contribution in [2.24, 2.45) is 5.92 Å². The lowest BCUT2D eigenvalue weighted by Gasteiger charge is -2.27. The maximum atomic E-state index is 13.2. The molecule has 1 aromatic carbocycles. The molecule has 2 atom stereocenters. The van der Waals surface area contributed by atoms with Gasteiger partial charge in [0.05, 0.1) is 13.2 Å². The van der Waals surface area contributed by atoms with Crippen LogP contribution in [0, 0.1) is 11.7 Å². The van der Waals surface area contributed by atoms with Gasteiger partial charge in [-0.2, -0.15) is 0 Å². The van der Waals surface area contributed by atoms with Gasteiger partial charge < -0.3 is 15.2 Å². The number of aliphatic hydroxyl groups excluding tert-OH is 1. The molecule has 0 heterocycles. The Labute approximate surface area is 102 Å². The Bertz CT molecular complexity index is 368. The van der Waals surface area contributed by atoms with Crippen molar-refractivity contribution in [1.29, 1.82) is 0 Å². The van der Waals surface area contributed by atoms with Gasteiger partial charge in [0.2, 0.25) is 0 Å². The van der Waals surface area contributed by atoms with E-state index in [-0.39, 0.29) is 17.8 Å². The average molecular weight is 241 g/mol. The Hall–Kier alpha value is -1.13. The highest BCUT2D eigenvalue weighted by Gasteiger charge is 2.25. The van der Waals surface area contributed by atoms with E-state index in [9.17, 15) is 9.50 Å². The van der Waals surface area contributed by atoms with E-state index in [0.29, 0.717) is 11.3 Å². The van der Waals surface area contributed by atoms with Crippen molar-refractivity contribution in [3.05, 3.63) is 29.6 Å². The van der Waals surface area contributed by atoms with E-state index in [1.54, 1.807) is 7.05 Å². The SMILES string of the molecule is CNC(C(C)C)C(O)c1cc(F)ccc1OC. The molecule has 3 nitrogen and oxygen atoms in total. The fraction of sp³-hybridized carbons (Fsp3) is 0.538. The van der Waals surface area contributed by atoms with Crippen LogP contribution in [0.3, 0.4) is 0 Å². The van der Waals surface area contributed by atoms with Crippen LogP contribution in [0.25, 0.3) is 0 Å². The average Bonchev–Trinajstić information content (AvgIpc) is 2.29. The summed E-state index contributed by atoms with van der Waals surface area (Å²) in [7, 11) is 3.28. The molecule has 1 rings (SSSR count). The summed E-state index contributed by atoms with van der Waals surface area (Å²) in [5, 5.41) is 13.3. The minimum atomic E-state index is -0.800. The first-order valence-corrected chi connectivity index (χ1v) is 5.70. The molecule has 2 N–H and O–H groups in total. The van der Waals surface area contributed by atoms with Crippen molar-refractivity contribution < 1.29 is 14.2 Å². The van der Waals surface area contributed by atoms with Crippen LogP contribution in [0.15, 0.2) is 18.2 Å². The Morgan fingerprint density at radius 2 is 2.00 bits per heavy atom. The molecular formula is C13H20FNO2. The van der Waals surface area contributed by atoms with Crippen LogP contribution in [0.1, 0.15) is 25.5 Å². The van der Waals surface area contributed by atoms with E-state index >= 15 is 0 Å². The summed E-state index contributed by atoms with van der Waals surface area (Å²) in [6, 6.07) is 4.02. The summed E-state index contributed by atoms with van der Waals surface area (Å²) < 4.78 is 18.4. The molecule has 0 aliphatic rings. The lowest BCUT2D eigenvalue weighted by Crippen LogP contribution is -2.36. The molecule has 2 unspecified atom stereocenters. The zero-order chi connectivity index (χ0) is 13.0. The lowest BCUT2D eigenvalue weighted by molar-refractivity contribution is 0.107. The van der Waals surface area contributed by atoms with Crippen molar-refractivity contribution in [2.45, 2.75) is 26.0 Å². The predicted molar refractivity (Wildman–Crippen MR) is 65.6 cm³/mol. The monoisotopic (exact) mass is 241 g/mol. The number of methoxy groups -OCH3 is 1. The van der Waals surface area contributed by atoms with Gasteiger partial charge in [-0.3, -0.25) is 0 Å². The maximum absolute atomic E-state index is 13.2. The van der Waals surface area contributed by atoms with Crippen LogP contribution in [-0.2, 0) is 0 Å². The molecular weight excluding hydrogens is 221 g/mol. The van der Waals surface area contributed by atoms with Crippen molar-refractivity contribution in [3.63, 3.8) is 0 Å². The number of nitrogens with one attached hydrogen (secondary N) is 1. The van der Waals surface area contributed by atoms with E-state index in [2.05, 4.69) is 5.32 Å². The smallest absolute Gasteiger partial charge is 0.124 e. The van der Waals surface area contributed by atoms with Crippen molar-refractivity contribution in [2.75, 3.05) is 14.2 Å². The molecule has 96 valence electrons. The number of benzene rings is 1. The molecule has 0 saturated heterocycles. The summed E-state index contributed by atoms with van der Waals surface area (Å²) in [6.07, 6.45) is -0.800. The van der Waals surface area contributed by atoms with Crippen molar-refractivity contribution in [3.8, 4) is 5.75 Å². The molecule has 0 amide bonds. The Balaban J connectivity index is 3.08. The number of rotatable bonds is 5. The summed E-state index contributed by atoms with van der Waals surface area (Å²) >= 11 is 0. The summed E-state index contributed by atoms with van der Waals surface area (Å²) in [5.41, 5.74) is 0.473. The van der Waals surface area contributed by atoms with E-state index in [1.165, 1.54) is 25.3 Å². The molecule has 0 saturated carbocycles. The lowest BCUT2D eigenvalue weighted by atomic mass is 9.93. The van der Waals surface area contributed by atoms with E-state index in [4.69, 9.17) is 4.74 Å². The molecule has 0 aliphatic heterocycles. The van der Waals surface area contributed by atoms with Gasteiger partial charge in [-0.15, -0.1) is 0 Å². The molecule has 0 radical (unpaired) electrons. The zero-order valence-corrected chi connectivity index (χ0v) is 10.7. The molecule has 17 heavy (non-hydrogen) atoms. The molecule has 4 heteroatoms. The minimum Gasteiger partial charge on any atom is -0.496 e. The second-order valence-electron chi connectivity index (χ2n) is 4.39. The summed E-state index contributed by atoms with van der Waals surface area (Å²) in [4.78, 5) is 0. The second kappa shape index (κ2) is 5.98. The molecule has 0 aromatic heterocycles. The number of hydrogen-bond donors (Lipinski definition) is 2. The molecule has 0 fully saturated rings. The maximum Gasteiger partial charge on any atom is 0.124 e. The normalized spacial score (nSPS) is 14.8. The van der Waals surface area contributed by atoms with Crippen LogP contribution in [0.5, 0.6) is 5.75 Å². The number of hydrogen-bond acceptors (Lipinski definition) is 3. The van der Waals surface area contributed by atoms with Gasteiger partial charge in [-0.1, -0.05) is 13.8 Å². The molecule has 0 bridgehead atoms. The Kier molecular flexibility index (Phi) is 4.90. The van der Waals surface area contributed by atoms with Gasteiger partial charge >= 0.3 is 0 Å². The van der Waals surface area contributed by atoms with Gasteiger partial charge in [-0.25, -0.2) is 4.39 Å². The Morgan fingerprint density at radius 3 is 2.47 bits per heavy atom. The summed E-state index contributed by atoms with van der Waals surface area (Å²) in [6.45, 7) is 3.99. The quantitative estimate of drug-likeness (QED) is 0.829. The van der Waals surface area contributed by atoms with E-state index in [1.807, 2.05) is 13.8 Å². The first kappa shape index (κ1) is 13.9.